The lowest BCUT2D eigenvalue weighted by Crippen LogP contribution is -2.10. The van der Waals surface area contributed by atoms with E-state index in [9.17, 15) is 4.79 Å². The largest absolute Gasteiger partial charge is 0.497 e. The highest BCUT2D eigenvalue weighted by molar-refractivity contribution is 5.90. The number of benzene rings is 2. The summed E-state index contributed by atoms with van der Waals surface area (Å²) in [5.74, 6) is 1.02. The zero-order chi connectivity index (χ0) is 18.5. The molecule has 0 fully saturated rings. The van der Waals surface area contributed by atoms with Crippen molar-refractivity contribution < 1.29 is 23.4 Å². The number of nitrogens with zero attached hydrogens (tertiary/aromatic N) is 2. The van der Waals surface area contributed by atoms with Crippen molar-refractivity contribution in [1.82, 2.24) is 10.2 Å². The van der Waals surface area contributed by atoms with Crippen LogP contribution >= 0.6 is 0 Å². The van der Waals surface area contributed by atoms with E-state index in [2.05, 4.69) is 10.2 Å². The average Bonchev–Trinajstić information content (AvgIpc) is 3.18. The summed E-state index contributed by atoms with van der Waals surface area (Å²) in [6.07, 6.45) is -0.704. The van der Waals surface area contributed by atoms with E-state index >= 15 is 0 Å². The number of hydrogen-bond acceptors (Lipinski definition) is 7. The standard InChI is InChI=1S/C19H18N2O5/c1-12(17-20-21-18(26-17)13-7-5-4-6-8-13)25-19(22)14-9-15(23-2)11-16(10-14)24-3/h4-12H,1-3H3/t12-/m0/s1. The van der Waals surface area contributed by atoms with E-state index in [1.165, 1.54) is 14.2 Å². The molecule has 1 atom stereocenters. The molecule has 7 heteroatoms. The monoisotopic (exact) mass is 354 g/mol. The Labute approximate surface area is 150 Å². The summed E-state index contributed by atoms with van der Waals surface area (Å²) in [4.78, 5) is 12.4. The highest BCUT2D eigenvalue weighted by Crippen LogP contribution is 2.26. The van der Waals surface area contributed by atoms with Crippen molar-refractivity contribution in [2.45, 2.75) is 13.0 Å². The third kappa shape index (κ3) is 3.83. The van der Waals surface area contributed by atoms with Crippen LogP contribution in [0.1, 0.15) is 29.3 Å². The lowest BCUT2D eigenvalue weighted by Gasteiger charge is -2.11. The van der Waals surface area contributed by atoms with Crippen molar-refractivity contribution in [3.05, 3.63) is 60.0 Å². The molecule has 0 radical (unpaired) electrons. The van der Waals surface area contributed by atoms with Gasteiger partial charge < -0.3 is 18.6 Å². The molecule has 2 aromatic carbocycles. The van der Waals surface area contributed by atoms with Gasteiger partial charge >= 0.3 is 5.97 Å². The summed E-state index contributed by atoms with van der Waals surface area (Å²) < 4.78 is 21.4. The molecule has 3 aromatic rings. The van der Waals surface area contributed by atoms with Crippen LogP contribution in [-0.2, 0) is 4.74 Å². The van der Waals surface area contributed by atoms with Gasteiger partial charge in [-0.3, -0.25) is 0 Å². The van der Waals surface area contributed by atoms with Gasteiger partial charge in [0.1, 0.15) is 11.5 Å². The van der Waals surface area contributed by atoms with E-state index < -0.39 is 12.1 Å². The van der Waals surface area contributed by atoms with Crippen LogP contribution in [0.25, 0.3) is 11.5 Å². The zero-order valence-electron chi connectivity index (χ0n) is 14.6. The van der Waals surface area contributed by atoms with Crippen molar-refractivity contribution >= 4 is 5.97 Å². The molecular weight excluding hydrogens is 336 g/mol. The molecule has 0 N–H and O–H groups in total. The van der Waals surface area contributed by atoms with Gasteiger partial charge in [-0.1, -0.05) is 18.2 Å². The lowest BCUT2D eigenvalue weighted by atomic mass is 10.2. The first-order chi connectivity index (χ1) is 12.6. The van der Waals surface area contributed by atoms with Crippen molar-refractivity contribution in [3.63, 3.8) is 0 Å². The molecule has 1 heterocycles. The van der Waals surface area contributed by atoms with Crippen molar-refractivity contribution in [2.75, 3.05) is 14.2 Å². The molecule has 0 aliphatic rings. The quantitative estimate of drug-likeness (QED) is 0.624. The Morgan fingerprint density at radius 3 is 2.27 bits per heavy atom. The highest BCUT2D eigenvalue weighted by atomic mass is 16.6. The molecule has 7 nitrogen and oxygen atoms in total. The summed E-state index contributed by atoms with van der Waals surface area (Å²) in [5, 5.41) is 7.96. The van der Waals surface area contributed by atoms with Crippen molar-refractivity contribution in [2.24, 2.45) is 0 Å². The number of carbonyl (C=O) groups is 1. The van der Waals surface area contributed by atoms with E-state index in [1.807, 2.05) is 30.3 Å². The summed E-state index contributed by atoms with van der Waals surface area (Å²) in [7, 11) is 3.02. The Balaban J connectivity index is 1.75. The van der Waals surface area contributed by atoms with Crippen LogP contribution in [0.2, 0.25) is 0 Å². The summed E-state index contributed by atoms with van der Waals surface area (Å²) in [5.41, 5.74) is 1.10. The molecule has 0 unspecified atom stereocenters. The number of methoxy groups -OCH3 is 2. The third-order valence-corrected chi connectivity index (χ3v) is 3.68. The normalized spacial score (nSPS) is 11.7. The maximum Gasteiger partial charge on any atom is 0.339 e. The van der Waals surface area contributed by atoms with Gasteiger partial charge in [-0.2, -0.15) is 0 Å². The Morgan fingerprint density at radius 1 is 1.00 bits per heavy atom. The Bertz CT molecular complexity index is 870. The average molecular weight is 354 g/mol. The van der Waals surface area contributed by atoms with E-state index in [-0.39, 0.29) is 5.89 Å². The number of carbonyl (C=O) groups excluding carboxylic acids is 1. The van der Waals surface area contributed by atoms with Crippen LogP contribution in [0.5, 0.6) is 11.5 Å². The van der Waals surface area contributed by atoms with E-state index in [0.29, 0.717) is 23.0 Å². The van der Waals surface area contributed by atoms with Gasteiger partial charge in [0, 0.05) is 11.6 Å². The number of rotatable bonds is 6. The Kier molecular flexibility index (Phi) is 5.17. The van der Waals surface area contributed by atoms with E-state index in [1.54, 1.807) is 25.1 Å². The van der Waals surface area contributed by atoms with Gasteiger partial charge in [0.25, 0.3) is 5.89 Å². The second-order valence-corrected chi connectivity index (χ2v) is 5.46. The predicted molar refractivity (Wildman–Crippen MR) is 93.1 cm³/mol. The Hall–Kier alpha value is -3.35. The van der Waals surface area contributed by atoms with Crippen LogP contribution in [0, 0.1) is 0 Å². The molecule has 26 heavy (non-hydrogen) atoms. The molecule has 0 aliphatic heterocycles. The summed E-state index contributed by atoms with van der Waals surface area (Å²) in [6, 6.07) is 14.2. The minimum absolute atomic E-state index is 0.215. The lowest BCUT2D eigenvalue weighted by molar-refractivity contribution is 0.0279. The van der Waals surface area contributed by atoms with Gasteiger partial charge in [0.15, 0.2) is 6.10 Å². The molecule has 3 rings (SSSR count). The fraction of sp³-hybridized carbons (Fsp3) is 0.211. The maximum absolute atomic E-state index is 12.4. The van der Waals surface area contributed by atoms with Crippen molar-refractivity contribution in [3.8, 4) is 23.0 Å². The van der Waals surface area contributed by atoms with Crippen molar-refractivity contribution in [1.29, 1.82) is 0 Å². The first-order valence-corrected chi connectivity index (χ1v) is 7.93. The molecule has 0 amide bonds. The second kappa shape index (κ2) is 7.69. The second-order valence-electron chi connectivity index (χ2n) is 5.46. The number of esters is 1. The predicted octanol–water partition coefficient (Wildman–Crippen LogP) is 3.67. The third-order valence-electron chi connectivity index (χ3n) is 3.68. The number of hydrogen-bond donors (Lipinski definition) is 0. The van der Waals surface area contributed by atoms with Gasteiger partial charge in [0.2, 0.25) is 5.89 Å². The number of ether oxygens (including phenoxy) is 3. The van der Waals surface area contributed by atoms with Gasteiger partial charge in [-0.25, -0.2) is 4.79 Å². The molecule has 0 aliphatic carbocycles. The first-order valence-electron chi connectivity index (χ1n) is 7.93. The smallest absolute Gasteiger partial charge is 0.339 e. The van der Waals surface area contributed by atoms with Gasteiger partial charge in [-0.15, -0.1) is 10.2 Å². The number of aromatic nitrogens is 2. The first kappa shape index (κ1) is 17.5. The van der Waals surface area contributed by atoms with Crippen LogP contribution in [-0.4, -0.2) is 30.4 Å². The van der Waals surface area contributed by atoms with Gasteiger partial charge in [-0.05, 0) is 31.2 Å². The molecular formula is C19H18N2O5. The Morgan fingerprint density at radius 2 is 1.65 bits per heavy atom. The highest BCUT2D eigenvalue weighted by Gasteiger charge is 2.21. The molecule has 0 spiro atoms. The molecule has 0 bridgehead atoms. The SMILES string of the molecule is COc1cc(OC)cc(C(=O)O[C@@H](C)c2nnc(-c3ccccc3)o2)c1. The zero-order valence-corrected chi connectivity index (χ0v) is 14.6. The van der Waals surface area contributed by atoms with E-state index in [0.717, 1.165) is 5.56 Å². The summed E-state index contributed by atoms with van der Waals surface area (Å²) >= 11 is 0. The molecule has 134 valence electrons. The summed E-state index contributed by atoms with van der Waals surface area (Å²) in [6.45, 7) is 1.66. The van der Waals surface area contributed by atoms with Crippen LogP contribution in [0.4, 0.5) is 0 Å². The minimum atomic E-state index is -0.704. The van der Waals surface area contributed by atoms with Crippen LogP contribution in [0.15, 0.2) is 52.9 Å². The van der Waals surface area contributed by atoms with Crippen LogP contribution in [0.3, 0.4) is 0 Å². The van der Waals surface area contributed by atoms with Crippen LogP contribution < -0.4 is 9.47 Å². The fourth-order valence-corrected chi connectivity index (χ4v) is 2.30. The fourth-order valence-electron chi connectivity index (χ4n) is 2.30. The molecule has 0 saturated carbocycles. The van der Waals surface area contributed by atoms with E-state index in [4.69, 9.17) is 18.6 Å². The molecule has 0 saturated heterocycles. The maximum atomic E-state index is 12.4. The van der Waals surface area contributed by atoms with Gasteiger partial charge in [0.05, 0.1) is 19.8 Å². The molecule has 1 aromatic heterocycles. The topological polar surface area (TPSA) is 83.7 Å². The minimum Gasteiger partial charge on any atom is -0.497 e.